The van der Waals surface area contributed by atoms with E-state index in [0.29, 0.717) is 24.4 Å². The summed E-state index contributed by atoms with van der Waals surface area (Å²) in [6.45, 7) is 8.64. The summed E-state index contributed by atoms with van der Waals surface area (Å²) in [5, 5.41) is 2.73. The molecule has 1 aliphatic carbocycles. The molecule has 2 unspecified atom stereocenters. The molecule has 3 atom stereocenters. The quantitative estimate of drug-likeness (QED) is 0.780. The SMILES string of the molecule is CCOC(=O)CNC(=O)[C@@H]1CC(C)CCC1C(C)C. The Morgan fingerprint density at radius 1 is 1.32 bits per heavy atom. The van der Waals surface area contributed by atoms with Crippen molar-refractivity contribution in [2.75, 3.05) is 13.2 Å². The monoisotopic (exact) mass is 269 g/mol. The molecule has 0 aromatic rings. The Morgan fingerprint density at radius 3 is 2.58 bits per heavy atom. The average Bonchev–Trinajstić information content (AvgIpc) is 2.35. The second-order valence-corrected chi connectivity index (χ2v) is 5.96. The largest absolute Gasteiger partial charge is 0.465 e. The molecule has 0 radical (unpaired) electrons. The maximum Gasteiger partial charge on any atom is 0.325 e. The third-order valence-corrected chi connectivity index (χ3v) is 4.07. The van der Waals surface area contributed by atoms with E-state index < -0.39 is 0 Å². The lowest BCUT2D eigenvalue weighted by molar-refractivity contribution is -0.144. The summed E-state index contributed by atoms with van der Waals surface area (Å²) in [6.07, 6.45) is 3.23. The smallest absolute Gasteiger partial charge is 0.325 e. The predicted octanol–water partition coefficient (Wildman–Crippen LogP) is 2.37. The Balaban J connectivity index is 2.53. The fraction of sp³-hybridized carbons (Fsp3) is 0.867. The lowest BCUT2D eigenvalue weighted by atomic mass is 9.70. The number of amides is 1. The van der Waals surface area contributed by atoms with Gasteiger partial charge in [-0.25, -0.2) is 0 Å². The Morgan fingerprint density at radius 2 is 2.00 bits per heavy atom. The van der Waals surface area contributed by atoms with Gasteiger partial charge in [0.2, 0.25) is 5.91 Å². The van der Waals surface area contributed by atoms with E-state index in [1.54, 1.807) is 6.92 Å². The van der Waals surface area contributed by atoms with Crippen molar-refractivity contribution < 1.29 is 14.3 Å². The van der Waals surface area contributed by atoms with Crippen LogP contribution in [0.25, 0.3) is 0 Å². The molecule has 0 heterocycles. The van der Waals surface area contributed by atoms with Crippen LogP contribution >= 0.6 is 0 Å². The first-order chi connectivity index (χ1) is 8.95. The van der Waals surface area contributed by atoms with E-state index in [4.69, 9.17) is 4.74 Å². The summed E-state index contributed by atoms with van der Waals surface area (Å²) < 4.78 is 4.82. The number of carbonyl (C=O) groups is 2. The van der Waals surface area contributed by atoms with Crippen LogP contribution in [-0.4, -0.2) is 25.0 Å². The molecule has 0 bridgehead atoms. The average molecular weight is 269 g/mol. The number of hydrogen-bond donors (Lipinski definition) is 1. The van der Waals surface area contributed by atoms with Gasteiger partial charge in [0, 0.05) is 5.92 Å². The van der Waals surface area contributed by atoms with Gasteiger partial charge in [0.05, 0.1) is 6.61 Å². The summed E-state index contributed by atoms with van der Waals surface area (Å²) in [5.41, 5.74) is 0. The molecule has 1 fully saturated rings. The van der Waals surface area contributed by atoms with Gasteiger partial charge in [-0.05, 0) is 37.5 Å². The van der Waals surface area contributed by atoms with Gasteiger partial charge in [0.15, 0.2) is 0 Å². The van der Waals surface area contributed by atoms with Crippen molar-refractivity contribution in [3.8, 4) is 0 Å². The van der Waals surface area contributed by atoms with E-state index in [0.717, 1.165) is 12.8 Å². The van der Waals surface area contributed by atoms with Crippen LogP contribution < -0.4 is 5.32 Å². The van der Waals surface area contributed by atoms with E-state index in [9.17, 15) is 9.59 Å². The fourth-order valence-electron chi connectivity index (χ4n) is 3.01. The van der Waals surface area contributed by atoms with Crippen LogP contribution in [0.15, 0.2) is 0 Å². The number of rotatable bonds is 5. The lowest BCUT2D eigenvalue weighted by Crippen LogP contribution is -2.42. The highest BCUT2D eigenvalue weighted by molar-refractivity contribution is 5.83. The maximum absolute atomic E-state index is 12.2. The molecule has 1 amide bonds. The molecular formula is C15H27NO3. The van der Waals surface area contributed by atoms with E-state index in [1.165, 1.54) is 6.42 Å². The summed E-state index contributed by atoms with van der Waals surface area (Å²) in [7, 11) is 0. The minimum atomic E-state index is -0.360. The number of hydrogen-bond acceptors (Lipinski definition) is 3. The first kappa shape index (κ1) is 16.0. The Hall–Kier alpha value is -1.06. The molecule has 0 aromatic heterocycles. The lowest BCUT2D eigenvalue weighted by Gasteiger charge is -2.36. The van der Waals surface area contributed by atoms with Crippen molar-refractivity contribution in [2.24, 2.45) is 23.7 Å². The molecule has 1 aliphatic rings. The highest BCUT2D eigenvalue weighted by Gasteiger charge is 2.35. The van der Waals surface area contributed by atoms with Gasteiger partial charge in [-0.15, -0.1) is 0 Å². The number of nitrogens with one attached hydrogen (secondary N) is 1. The summed E-state index contributed by atoms with van der Waals surface area (Å²) in [5.74, 6) is 1.22. The Labute approximate surface area is 116 Å². The predicted molar refractivity (Wildman–Crippen MR) is 74.5 cm³/mol. The van der Waals surface area contributed by atoms with Crippen molar-refractivity contribution in [1.82, 2.24) is 5.32 Å². The van der Waals surface area contributed by atoms with Crippen LogP contribution in [-0.2, 0) is 14.3 Å². The van der Waals surface area contributed by atoms with Gasteiger partial charge < -0.3 is 10.1 Å². The van der Waals surface area contributed by atoms with Gasteiger partial charge in [0.1, 0.15) is 6.54 Å². The van der Waals surface area contributed by atoms with E-state index in [-0.39, 0.29) is 24.3 Å². The number of ether oxygens (including phenoxy) is 1. The molecule has 1 saturated carbocycles. The second-order valence-electron chi connectivity index (χ2n) is 5.96. The first-order valence-corrected chi connectivity index (χ1v) is 7.39. The molecule has 1 rings (SSSR count). The van der Waals surface area contributed by atoms with Crippen LogP contribution in [0.1, 0.15) is 47.0 Å². The second kappa shape index (κ2) is 7.51. The third kappa shape index (κ3) is 4.84. The highest BCUT2D eigenvalue weighted by Crippen LogP contribution is 2.37. The minimum absolute atomic E-state index is 0.0115. The van der Waals surface area contributed by atoms with Crippen LogP contribution in [0.2, 0.25) is 0 Å². The van der Waals surface area contributed by atoms with Gasteiger partial charge in [-0.2, -0.15) is 0 Å². The molecule has 0 aliphatic heterocycles. The standard InChI is InChI=1S/C15H27NO3/c1-5-19-14(17)9-16-15(18)13-8-11(4)6-7-12(13)10(2)3/h10-13H,5-9H2,1-4H3,(H,16,18)/t11?,12?,13-/m1/s1. The number of carbonyl (C=O) groups excluding carboxylic acids is 2. The molecule has 19 heavy (non-hydrogen) atoms. The van der Waals surface area contributed by atoms with Crippen molar-refractivity contribution in [3.63, 3.8) is 0 Å². The molecular weight excluding hydrogens is 242 g/mol. The van der Waals surface area contributed by atoms with Gasteiger partial charge >= 0.3 is 5.97 Å². The van der Waals surface area contributed by atoms with Crippen molar-refractivity contribution in [2.45, 2.75) is 47.0 Å². The van der Waals surface area contributed by atoms with Crippen molar-refractivity contribution in [1.29, 1.82) is 0 Å². The topological polar surface area (TPSA) is 55.4 Å². The zero-order valence-electron chi connectivity index (χ0n) is 12.6. The summed E-state index contributed by atoms with van der Waals surface area (Å²) >= 11 is 0. The molecule has 0 saturated heterocycles. The maximum atomic E-state index is 12.2. The Bertz CT molecular complexity index is 315. The molecule has 4 nitrogen and oxygen atoms in total. The van der Waals surface area contributed by atoms with Gasteiger partial charge in [0.25, 0.3) is 0 Å². The highest BCUT2D eigenvalue weighted by atomic mass is 16.5. The minimum Gasteiger partial charge on any atom is -0.465 e. The zero-order chi connectivity index (χ0) is 14.4. The molecule has 1 N–H and O–H groups in total. The van der Waals surface area contributed by atoms with E-state index in [1.807, 2.05) is 0 Å². The Kier molecular flexibility index (Phi) is 6.32. The summed E-state index contributed by atoms with van der Waals surface area (Å²) in [6, 6.07) is 0. The van der Waals surface area contributed by atoms with Crippen molar-refractivity contribution in [3.05, 3.63) is 0 Å². The van der Waals surface area contributed by atoms with Crippen molar-refractivity contribution >= 4 is 11.9 Å². The van der Waals surface area contributed by atoms with E-state index in [2.05, 4.69) is 26.1 Å². The summed E-state index contributed by atoms with van der Waals surface area (Å²) in [4.78, 5) is 23.5. The van der Waals surface area contributed by atoms with Crippen LogP contribution in [0, 0.1) is 23.7 Å². The van der Waals surface area contributed by atoms with Gasteiger partial charge in [-0.1, -0.05) is 27.2 Å². The van der Waals surface area contributed by atoms with Crippen LogP contribution in [0.5, 0.6) is 0 Å². The van der Waals surface area contributed by atoms with Crippen LogP contribution in [0.4, 0.5) is 0 Å². The molecule has 0 aromatic carbocycles. The molecule has 0 spiro atoms. The fourth-order valence-corrected chi connectivity index (χ4v) is 3.01. The van der Waals surface area contributed by atoms with Crippen LogP contribution in [0.3, 0.4) is 0 Å². The van der Waals surface area contributed by atoms with Gasteiger partial charge in [-0.3, -0.25) is 9.59 Å². The zero-order valence-corrected chi connectivity index (χ0v) is 12.6. The van der Waals surface area contributed by atoms with E-state index >= 15 is 0 Å². The first-order valence-electron chi connectivity index (χ1n) is 7.39. The molecule has 110 valence electrons. The normalized spacial score (nSPS) is 27.1. The molecule has 4 heteroatoms. The third-order valence-electron chi connectivity index (χ3n) is 4.07. The number of esters is 1.